The Bertz CT molecular complexity index is 520. The molecule has 2 aromatic rings. The van der Waals surface area contributed by atoms with Crippen LogP contribution in [0.25, 0.3) is 5.57 Å². The predicted octanol–water partition coefficient (Wildman–Crippen LogP) is 2.30. The lowest BCUT2D eigenvalue weighted by Gasteiger charge is -2.04. The maximum absolute atomic E-state index is 12.0. The Morgan fingerprint density at radius 2 is 1.53 bits per heavy atom. The summed E-state index contributed by atoms with van der Waals surface area (Å²) in [6.07, 6.45) is 7.01. The van der Waals surface area contributed by atoms with Gasteiger partial charge in [-0.1, -0.05) is 6.58 Å². The molecule has 3 nitrogen and oxygen atoms in total. The van der Waals surface area contributed by atoms with Crippen LogP contribution >= 0.6 is 0 Å². The van der Waals surface area contributed by atoms with Gasteiger partial charge < -0.3 is 0 Å². The molecule has 0 fully saturated rings. The summed E-state index contributed by atoms with van der Waals surface area (Å²) in [4.78, 5) is 19.8. The van der Waals surface area contributed by atoms with Crippen molar-refractivity contribution >= 4 is 11.4 Å². The van der Waals surface area contributed by atoms with Crippen molar-refractivity contribution in [2.24, 2.45) is 0 Å². The maximum atomic E-state index is 12.0. The van der Waals surface area contributed by atoms with Gasteiger partial charge in [0.25, 0.3) is 0 Å². The summed E-state index contributed by atoms with van der Waals surface area (Å²) in [6, 6.07) is 7.23. The van der Waals surface area contributed by atoms with Gasteiger partial charge in [-0.3, -0.25) is 14.8 Å². The first kappa shape index (κ1) is 11.2. The number of hydrogen-bond acceptors (Lipinski definition) is 3. The summed E-state index contributed by atoms with van der Waals surface area (Å²) in [5, 5.41) is 0. The molecule has 17 heavy (non-hydrogen) atoms. The molecule has 0 bridgehead atoms. The molecule has 0 aliphatic rings. The molecule has 2 heterocycles. The largest absolute Gasteiger partial charge is 0.294 e. The van der Waals surface area contributed by atoms with Crippen molar-refractivity contribution in [3.63, 3.8) is 0 Å². The van der Waals surface area contributed by atoms with Gasteiger partial charge in [-0.2, -0.15) is 0 Å². The van der Waals surface area contributed by atoms with Crippen LogP contribution in [0.4, 0.5) is 0 Å². The van der Waals surface area contributed by atoms with Gasteiger partial charge in [-0.15, -0.1) is 0 Å². The number of aromatic nitrogens is 2. The number of Topliss-reactive ketones (excluding diaryl/α,β-unsaturated/α-hetero) is 1. The van der Waals surface area contributed by atoms with Crippen LogP contribution in [0.5, 0.6) is 0 Å². The first-order valence-corrected chi connectivity index (χ1v) is 5.29. The zero-order valence-electron chi connectivity index (χ0n) is 9.34. The molecule has 0 N–H and O–H groups in total. The van der Waals surface area contributed by atoms with E-state index in [9.17, 15) is 4.79 Å². The average molecular weight is 224 g/mol. The van der Waals surface area contributed by atoms with Crippen molar-refractivity contribution in [1.82, 2.24) is 9.97 Å². The molecule has 0 aliphatic carbocycles. The molecule has 0 aromatic carbocycles. The SMILES string of the molecule is C=C(C(=O)Cc1ccncc1)c1ccncc1. The summed E-state index contributed by atoms with van der Waals surface area (Å²) in [7, 11) is 0. The van der Waals surface area contributed by atoms with Crippen molar-refractivity contribution in [2.45, 2.75) is 6.42 Å². The lowest BCUT2D eigenvalue weighted by atomic mass is 10.00. The minimum Gasteiger partial charge on any atom is -0.294 e. The lowest BCUT2D eigenvalue weighted by Crippen LogP contribution is -2.04. The standard InChI is InChI=1S/C14H12N2O/c1-11(13-4-8-16-9-5-13)14(17)10-12-2-6-15-7-3-12/h2-9H,1,10H2. The smallest absolute Gasteiger partial charge is 0.167 e. The van der Waals surface area contributed by atoms with Gasteiger partial charge in [-0.05, 0) is 35.4 Å². The van der Waals surface area contributed by atoms with Crippen molar-refractivity contribution in [1.29, 1.82) is 0 Å². The van der Waals surface area contributed by atoms with Gasteiger partial charge >= 0.3 is 0 Å². The van der Waals surface area contributed by atoms with E-state index in [1.54, 1.807) is 36.9 Å². The Morgan fingerprint density at radius 3 is 2.12 bits per heavy atom. The molecule has 0 atom stereocenters. The number of ketones is 1. The molecule has 0 saturated carbocycles. The van der Waals surface area contributed by atoms with Gasteiger partial charge in [-0.25, -0.2) is 0 Å². The second-order valence-electron chi connectivity index (χ2n) is 3.67. The van der Waals surface area contributed by atoms with Crippen LogP contribution in [0.3, 0.4) is 0 Å². The van der Waals surface area contributed by atoms with Gasteiger partial charge in [0.1, 0.15) is 0 Å². The summed E-state index contributed by atoms with van der Waals surface area (Å²) >= 11 is 0. The van der Waals surface area contributed by atoms with Crippen LogP contribution in [-0.2, 0) is 11.2 Å². The van der Waals surface area contributed by atoms with Crippen LogP contribution < -0.4 is 0 Å². The topological polar surface area (TPSA) is 42.9 Å². The van der Waals surface area contributed by atoms with E-state index in [0.717, 1.165) is 11.1 Å². The number of allylic oxidation sites excluding steroid dienone is 1. The quantitative estimate of drug-likeness (QED) is 0.748. The zero-order valence-corrected chi connectivity index (χ0v) is 9.34. The Balaban J connectivity index is 2.09. The average Bonchev–Trinajstić information content (AvgIpc) is 2.40. The lowest BCUT2D eigenvalue weighted by molar-refractivity contribution is -0.113. The van der Waals surface area contributed by atoms with Gasteiger partial charge in [0.05, 0.1) is 0 Å². The number of pyridine rings is 2. The van der Waals surface area contributed by atoms with E-state index in [2.05, 4.69) is 16.5 Å². The van der Waals surface area contributed by atoms with Gasteiger partial charge in [0.2, 0.25) is 0 Å². The molecule has 0 unspecified atom stereocenters. The van der Waals surface area contributed by atoms with Crippen LogP contribution in [0, 0.1) is 0 Å². The van der Waals surface area contributed by atoms with Crippen LogP contribution in [0.15, 0.2) is 55.6 Å². The Labute approximate surface area is 99.9 Å². The van der Waals surface area contributed by atoms with Gasteiger partial charge in [0.15, 0.2) is 5.78 Å². The summed E-state index contributed by atoms with van der Waals surface area (Å²) < 4.78 is 0. The third-order valence-electron chi connectivity index (χ3n) is 2.48. The second kappa shape index (κ2) is 5.16. The van der Waals surface area contributed by atoms with E-state index in [0.29, 0.717) is 12.0 Å². The normalized spacial score (nSPS) is 9.88. The second-order valence-corrected chi connectivity index (χ2v) is 3.67. The van der Waals surface area contributed by atoms with E-state index in [4.69, 9.17) is 0 Å². The van der Waals surface area contributed by atoms with Crippen LogP contribution in [0.2, 0.25) is 0 Å². The first-order chi connectivity index (χ1) is 8.27. The van der Waals surface area contributed by atoms with Crippen LogP contribution in [0.1, 0.15) is 11.1 Å². The first-order valence-electron chi connectivity index (χ1n) is 5.29. The molecular weight excluding hydrogens is 212 g/mol. The monoisotopic (exact) mass is 224 g/mol. The fourth-order valence-corrected chi connectivity index (χ4v) is 1.51. The number of carbonyl (C=O) groups is 1. The Kier molecular flexibility index (Phi) is 3.40. The molecule has 0 radical (unpaired) electrons. The number of rotatable bonds is 4. The molecule has 0 aliphatic heterocycles. The van der Waals surface area contributed by atoms with E-state index in [1.165, 1.54) is 0 Å². The summed E-state index contributed by atoms with van der Waals surface area (Å²) in [5.41, 5.74) is 2.28. The van der Waals surface area contributed by atoms with Crippen molar-refractivity contribution in [2.75, 3.05) is 0 Å². The van der Waals surface area contributed by atoms with E-state index >= 15 is 0 Å². The van der Waals surface area contributed by atoms with E-state index in [1.807, 2.05) is 12.1 Å². The third-order valence-corrected chi connectivity index (χ3v) is 2.48. The third kappa shape index (κ3) is 2.84. The highest BCUT2D eigenvalue weighted by molar-refractivity contribution is 6.20. The molecule has 3 heteroatoms. The molecule has 0 saturated heterocycles. The Hall–Kier alpha value is -2.29. The fourth-order valence-electron chi connectivity index (χ4n) is 1.51. The molecule has 2 rings (SSSR count). The molecule has 0 amide bonds. The predicted molar refractivity (Wildman–Crippen MR) is 66.2 cm³/mol. The molecule has 2 aromatic heterocycles. The summed E-state index contributed by atoms with van der Waals surface area (Å²) in [6.45, 7) is 3.83. The highest BCUT2D eigenvalue weighted by Gasteiger charge is 2.09. The number of nitrogens with zero attached hydrogens (tertiary/aromatic N) is 2. The molecular formula is C14H12N2O. The Morgan fingerprint density at radius 1 is 1.00 bits per heavy atom. The minimum atomic E-state index is 0.0161. The highest BCUT2D eigenvalue weighted by Crippen LogP contribution is 2.14. The number of carbonyl (C=O) groups excluding carboxylic acids is 1. The molecule has 84 valence electrons. The summed E-state index contributed by atoms with van der Waals surface area (Å²) in [5.74, 6) is 0.0161. The maximum Gasteiger partial charge on any atom is 0.167 e. The zero-order chi connectivity index (χ0) is 12.1. The van der Waals surface area contributed by atoms with Crippen molar-refractivity contribution < 1.29 is 4.79 Å². The molecule has 0 spiro atoms. The fraction of sp³-hybridized carbons (Fsp3) is 0.0714. The van der Waals surface area contributed by atoms with Crippen molar-refractivity contribution in [3.05, 3.63) is 66.8 Å². The van der Waals surface area contributed by atoms with Gasteiger partial charge in [0, 0.05) is 36.8 Å². The van der Waals surface area contributed by atoms with Crippen molar-refractivity contribution in [3.8, 4) is 0 Å². The highest BCUT2D eigenvalue weighted by atomic mass is 16.1. The number of hydrogen-bond donors (Lipinski definition) is 0. The van der Waals surface area contributed by atoms with E-state index < -0.39 is 0 Å². The minimum absolute atomic E-state index is 0.0161. The van der Waals surface area contributed by atoms with E-state index in [-0.39, 0.29) is 5.78 Å². The van der Waals surface area contributed by atoms with Crippen LogP contribution in [-0.4, -0.2) is 15.8 Å².